The molecule has 6 nitrogen and oxygen atoms in total. The molecule has 1 heterocycles. The number of ether oxygens (including phenoxy) is 1. The van der Waals surface area contributed by atoms with Gasteiger partial charge in [-0.2, -0.15) is 5.10 Å². The quantitative estimate of drug-likeness (QED) is 0.618. The molecule has 0 aliphatic heterocycles. The first-order valence-corrected chi connectivity index (χ1v) is 8.85. The number of aromatic nitrogens is 2. The van der Waals surface area contributed by atoms with Gasteiger partial charge in [-0.15, -0.1) is 0 Å². The molecule has 28 heavy (non-hydrogen) atoms. The van der Waals surface area contributed by atoms with Crippen molar-refractivity contribution in [2.75, 3.05) is 11.9 Å². The number of carbonyl (C=O) groups excluding carboxylic acids is 2. The second kappa shape index (κ2) is 8.41. The van der Waals surface area contributed by atoms with Crippen LogP contribution in [0.4, 0.5) is 10.1 Å². The van der Waals surface area contributed by atoms with Gasteiger partial charge in [0.25, 0.3) is 5.91 Å². The van der Waals surface area contributed by atoms with Crippen molar-refractivity contribution in [1.29, 1.82) is 0 Å². The summed E-state index contributed by atoms with van der Waals surface area (Å²) in [4.78, 5) is 24.4. The standard InChI is InChI=1S/C19H14Cl2FN3O3/c1-11-17(18(21)25(24-11)13-5-3-2-4-6-13)19(27)28-10-16(26)23-15-8-7-12(22)9-14(15)20/h2-9H,10H2,1H3,(H,23,26). The number of hydrogen-bond acceptors (Lipinski definition) is 4. The van der Waals surface area contributed by atoms with Crippen LogP contribution in [0.3, 0.4) is 0 Å². The lowest BCUT2D eigenvalue weighted by Gasteiger charge is -2.08. The fourth-order valence-corrected chi connectivity index (χ4v) is 3.02. The van der Waals surface area contributed by atoms with Crippen LogP contribution < -0.4 is 5.32 Å². The van der Waals surface area contributed by atoms with E-state index in [1.807, 2.05) is 18.2 Å². The Balaban J connectivity index is 1.68. The van der Waals surface area contributed by atoms with Crippen LogP contribution in [-0.2, 0) is 9.53 Å². The number of carbonyl (C=O) groups is 2. The van der Waals surface area contributed by atoms with Crippen molar-refractivity contribution >= 4 is 40.8 Å². The Bertz CT molecular complexity index is 1040. The van der Waals surface area contributed by atoms with E-state index in [4.69, 9.17) is 27.9 Å². The molecule has 0 saturated carbocycles. The highest BCUT2D eigenvalue weighted by atomic mass is 35.5. The van der Waals surface area contributed by atoms with Crippen molar-refractivity contribution in [3.63, 3.8) is 0 Å². The lowest BCUT2D eigenvalue weighted by atomic mass is 10.2. The number of nitrogens with zero attached hydrogens (tertiary/aromatic N) is 2. The van der Waals surface area contributed by atoms with Gasteiger partial charge in [-0.25, -0.2) is 13.9 Å². The van der Waals surface area contributed by atoms with Gasteiger partial charge in [-0.3, -0.25) is 4.79 Å². The number of halogens is 3. The van der Waals surface area contributed by atoms with E-state index in [2.05, 4.69) is 10.4 Å². The van der Waals surface area contributed by atoms with Crippen LogP contribution in [0.1, 0.15) is 16.1 Å². The number of esters is 1. The Kier molecular flexibility index (Phi) is 5.96. The second-order valence-electron chi connectivity index (χ2n) is 5.75. The molecular formula is C19H14Cl2FN3O3. The molecule has 0 aliphatic carbocycles. The van der Waals surface area contributed by atoms with Gasteiger partial charge in [0.1, 0.15) is 16.5 Å². The van der Waals surface area contributed by atoms with E-state index in [1.54, 1.807) is 19.1 Å². The minimum Gasteiger partial charge on any atom is -0.452 e. The van der Waals surface area contributed by atoms with Crippen LogP contribution in [0.25, 0.3) is 5.69 Å². The fraction of sp³-hybridized carbons (Fsp3) is 0.105. The zero-order chi connectivity index (χ0) is 20.3. The molecule has 1 N–H and O–H groups in total. The Morgan fingerprint density at radius 2 is 1.89 bits per heavy atom. The lowest BCUT2D eigenvalue weighted by molar-refractivity contribution is -0.119. The number of para-hydroxylation sites is 1. The van der Waals surface area contributed by atoms with E-state index in [9.17, 15) is 14.0 Å². The summed E-state index contributed by atoms with van der Waals surface area (Å²) >= 11 is 12.1. The summed E-state index contributed by atoms with van der Waals surface area (Å²) in [7, 11) is 0. The molecule has 0 aliphatic rings. The monoisotopic (exact) mass is 421 g/mol. The minimum atomic E-state index is -0.787. The molecule has 0 radical (unpaired) electrons. The molecule has 3 aromatic rings. The molecule has 0 fully saturated rings. The first kappa shape index (κ1) is 19.9. The average Bonchev–Trinajstić information content (AvgIpc) is 2.97. The molecule has 144 valence electrons. The smallest absolute Gasteiger partial charge is 0.343 e. The van der Waals surface area contributed by atoms with Gasteiger partial charge in [0.2, 0.25) is 0 Å². The maximum atomic E-state index is 13.0. The number of aryl methyl sites for hydroxylation is 1. The van der Waals surface area contributed by atoms with Crippen molar-refractivity contribution < 1.29 is 18.7 Å². The van der Waals surface area contributed by atoms with E-state index < -0.39 is 24.3 Å². The first-order chi connectivity index (χ1) is 13.4. The van der Waals surface area contributed by atoms with Crippen molar-refractivity contribution in [2.24, 2.45) is 0 Å². The molecule has 0 unspecified atom stereocenters. The normalized spacial score (nSPS) is 10.6. The number of anilines is 1. The third-order valence-electron chi connectivity index (χ3n) is 3.75. The Morgan fingerprint density at radius 1 is 1.18 bits per heavy atom. The van der Waals surface area contributed by atoms with Crippen LogP contribution in [-0.4, -0.2) is 28.3 Å². The van der Waals surface area contributed by atoms with E-state index in [1.165, 1.54) is 10.7 Å². The molecule has 1 amide bonds. The van der Waals surface area contributed by atoms with Crippen LogP contribution in [0.15, 0.2) is 48.5 Å². The molecule has 9 heteroatoms. The van der Waals surface area contributed by atoms with E-state index >= 15 is 0 Å². The van der Waals surface area contributed by atoms with Crippen molar-refractivity contribution in [3.8, 4) is 5.69 Å². The summed E-state index contributed by atoms with van der Waals surface area (Å²) in [6.07, 6.45) is 0. The molecule has 2 aromatic carbocycles. The summed E-state index contributed by atoms with van der Waals surface area (Å²) < 4.78 is 19.5. The van der Waals surface area contributed by atoms with Crippen LogP contribution >= 0.6 is 23.2 Å². The number of rotatable bonds is 5. The van der Waals surface area contributed by atoms with Gasteiger partial charge < -0.3 is 10.1 Å². The van der Waals surface area contributed by atoms with Gasteiger partial charge in [0.15, 0.2) is 6.61 Å². The van der Waals surface area contributed by atoms with E-state index in [-0.39, 0.29) is 21.4 Å². The van der Waals surface area contributed by atoms with Crippen molar-refractivity contribution in [3.05, 3.63) is 75.8 Å². The number of amides is 1. The molecular weight excluding hydrogens is 408 g/mol. The van der Waals surface area contributed by atoms with Gasteiger partial charge in [-0.05, 0) is 37.3 Å². The summed E-state index contributed by atoms with van der Waals surface area (Å²) in [5.74, 6) is -1.95. The predicted octanol–water partition coefficient (Wildman–Crippen LogP) is 4.42. The Hall–Kier alpha value is -2.90. The summed E-state index contributed by atoms with van der Waals surface area (Å²) in [6.45, 7) is 1.04. The predicted molar refractivity (Wildman–Crippen MR) is 104 cm³/mol. The first-order valence-electron chi connectivity index (χ1n) is 8.09. The maximum absolute atomic E-state index is 13.0. The second-order valence-corrected chi connectivity index (χ2v) is 6.51. The van der Waals surface area contributed by atoms with Gasteiger partial charge in [-0.1, -0.05) is 41.4 Å². The molecule has 0 atom stereocenters. The largest absolute Gasteiger partial charge is 0.452 e. The number of nitrogens with one attached hydrogen (secondary N) is 1. The minimum absolute atomic E-state index is 0.0303. The summed E-state index contributed by atoms with van der Waals surface area (Å²) in [5.41, 5.74) is 1.31. The molecule has 0 saturated heterocycles. The van der Waals surface area contributed by atoms with Crippen LogP contribution in [0.2, 0.25) is 10.2 Å². The highest BCUT2D eigenvalue weighted by molar-refractivity contribution is 6.34. The number of benzene rings is 2. The maximum Gasteiger partial charge on any atom is 0.343 e. The van der Waals surface area contributed by atoms with Crippen LogP contribution in [0.5, 0.6) is 0 Å². The molecule has 3 rings (SSSR count). The van der Waals surface area contributed by atoms with Crippen LogP contribution in [0, 0.1) is 12.7 Å². The lowest BCUT2D eigenvalue weighted by Crippen LogP contribution is -2.21. The summed E-state index contributed by atoms with van der Waals surface area (Å²) in [6, 6.07) is 12.5. The Morgan fingerprint density at radius 3 is 2.57 bits per heavy atom. The van der Waals surface area contributed by atoms with Gasteiger partial charge in [0, 0.05) is 0 Å². The van der Waals surface area contributed by atoms with Crippen molar-refractivity contribution in [2.45, 2.75) is 6.92 Å². The van der Waals surface area contributed by atoms with E-state index in [0.29, 0.717) is 11.4 Å². The van der Waals surface area contributed by atoms with Gasteiger partial charge >= 0.3 is 5.97 Å². The fourth-order valence-electron chi connectivity index (χ4n) is 2.45. The highest BCUT2D eigenvalue weighted by Crippen LogP contribution is 2.25. The van der Waals surface area contributed by atoms with E-state index in [0.717, 1.165) is 12.1 Å². The SMILES string of the molecule is Cc1nn(-c2ccccc2)c(Cl)c1C(=O)OCC(=O)Nc1ccc(F)cc1Cl. The van der Waals surface area contributed by atoms with Gasteiger partial charge in [0.05, 0.1) is 22.1 Å². The molecule has 0 spiro atoms. The molecule has 1 aromatic heterocycles. The topological polar surface area (TPSA) is 73.2 Å². The average molecular weight is 422 g/mol. The third kappa shape index (κ3) is 4.32. The number of hydrogen-bond donors (Lipinski definition) is 1. The molecule has 0 bridgehead atoms. The summed E-state index contributed by atoms with van der Waals surface area (Å²) in [5, 5.41) is 6.79. The zero-order valence-electron chi connectivity index (χ0n) is 14.6. The third-order valence-corrected chi connectivity index (χ3v) is 4.41. The highest BCUT2D eigenvalue weighted by Gasteiger charge is 2.23. The zero-order valence-corrected chi connectivity index (χ0v) is 16.1. The van der Waals surface area contributed by atoms with Crippen molar-refractivity contribution in [1.82, 2.24) is 9.78 Å². The Labute approximate surface area is 169 Å².